The van der Waals surface area contributed by atoms with Crippen molar-refractivity contribution in [2.45, 2.75) is 45.4 Å². The summed E-state index contributed by atoms with van der Waals surface area (Å²) >= 11 is 3.43. The smallest absolute Gasteiger partial charge is 0.137 e. The number of carbonyl (C=O) groups is 1. The summed E-state index contributed by atoms with van der Waals surface area (Å²) in [5, 5.41) is 0. The molecule has 1 unspecified atom stereocenters. The summed E-state index contributed by atoms with van der Waals surface area (Å²) in [6.07, 6.45) is 5.60. The number of carbonyl (C=O) groups excluding carboxylic acids is 1. The van der Waals surface area contributed by atoms with Crippen molar-refractivity contribution in [2.24, 2.45) is 11.7 Å². The normalized spacial score (nSPS) is 12.4. The highest BCUT2D eigenvalue weighted by Crippen LogP contribution is 2.18. The van der Waals surface area contributed by atoms with Gasteiger partial charge in [0.1, 0.15) is 5.78 Å². The van der Waals surface area contributed by atoms with E-state index >= 15 is 0 Å². The molecule has 106 valence electrons. The first-order valence-corrected chi connectivity index (χ1v) is 7.91. The average molecular weight is 326 g/mol. The van der Waals surface area contributed by atoms with E-state index in [1.807, 2.05) is 24.3 Å². The van der Waals surface area contributed by atoms with Gasteiger partial charge in [-0.1, -0.05) is 47.8 Å². The van der Waals surface area contributed by atoms with Crippen LogP contribution in [0.4, 0.5) is 0 Å². The summed E-state index contributed by atoms with van der Waals surface area (Å²) in [4.78, 5) is 12.0. The molecule has 1 aromatic rings. The number of Topliss-reactive ketones (excluding diaryl/α,β-unsaturated/α-hetero) is 1. The molecule has 2 N–H and O–H groups in total. The van der Waals surface area contributed by atoms with Gasteiger partial charge in [-0.15, -0.1) is 0 Å². The first-order valence-electron chi connectivity index (χ1n) is 7.12. The number of hydrogen-bond donors (Lipinski definition) is 1. The van der Waals surface area contributed by atoms with Gasteiger partial charge in [0, 0.05) is 17.3 Å². The van der Waals surface area contributed by atoms with Gasteiger partial charge in [0.2, 0.25) is 0 Å². The fourth-order valence-electron chi connectivity index (χ4n) is 2.41. The zero-order valence-electron chi connectivity index (χ0n) is 11.7. The van der Waals surface area contributed by atoms with Crippen molar-refractivity contribution >= 4 is 21.7 Å². The van der Waals surface area contributed by atoms with Crippen LogP contribution in [-0.2, 0) is 11.2 Å². The van der Waals surface area contributed by atoms with Gasteiger partial charge in [-0.3, -0.25) is 4.79 Å². The third-order valence-electron chi connectivity index (χ3n) is 3.39. The molecule has 0 aliphatic heterocycles. The van der Waals surface area contributed by atoms with Gasteiger partial charge in [0.15, 0.2) is 0 Å². The summed E-state index contributed by atoms with van der Waals surface area (Å²) in [7, 11) is 0. The van der Waals surface area contributed by atoms with Gasteiger partial charge in [-0.2, -0.15) is 0 Å². The highest BCUT2D eigenvalue weighted by molar-refractivity contribution is 9.10. The predicted molar refractivity (Wildman–Crippen MR) is 84.2 cm³/mol. The summed E-state index contributed by atoms with van der Waals surface area (Å²) in [6.45, 7) is 2.91. The molecule has 0 aliphatic rings. The summed E-state index contributed by atoms with van der Waals surface area (Å²) in [6, 6.07) is 7.97. The maximum absolute atomic E-state index is 12.0. The van der Waals surface area contributed by atoms with Crippen molar-refractivity contribution in [3.63, 3.8) is 0 Å². The van der Waals surface area contributed by atoms with E-state index in [1.54, 1.807) is 0 Å². The molecule has 1 rings (SSSR count). The van der Waals surface area contributed by atoms with Gasteiger partial charge in [0.25, 0.3) is 0 Å². The lowest BCUT2D eigenvalue weighted by atomic mass is 9.92. The maximum Gasteiger partial charge on any atom is 0.137 e. The third kappa shape index (κ3) is 6.88. The Kier molecular flexibility index (Phi) is 7.99. The Labute approximate surface area is 124 Å². The number of benzene rings is 1. The SMILES string of the molecule is CCCC(CCN)CCC(=O)Cc1cccc(Br)c1. The van der Waals surface area contributed by atoms with Crippen molar-refractivity contribution in [3.05, 3.63) is 34.3 Å². The molecule has 1 aromatic carbocycles. The van der Waals surface area contributed by atoms with E-state index in [0.29, 0.717) is 24.5 Å². The van der Waals surface area contributed by atoms with E-state index in [1.165, 1.54) is 12.8 Å². The number of rotatable bonds is 9. The van der Waals surface area contributed by atoms with E-state index in [0.717, 1.165) is 29.4 Å². The standard InChI is InChI=1S/C16H24BrNO/c1-2-4-13(9-10-18)7-8-16(19)12-14-5-3-6-15(17)11-14/h3,5-6,11,13H,2,4,7-10,12,18H2,1H3. The fraction of sp³-hybridized carbons (Fsp3) is 0.562. The second kappa shape index (κ2) is 9.27. The predicted octanol–water partition coefficient (Wildman–Crippen LogP) is 4.11. The molecule has 1 atom stereocenters. The van der Waals surface area contributed by atoms with Crippen LogP contribution in [0.1, 0.15) is 44.6 Å². The maximum atomic E-state index is 12.0. The number of nitrogens with two attached hydrogens (primary N) is 1. The minimum Gasteiger partial charge on any atom is -0.330 e. The quantitative estimate of drug-likeness (QED) is 0.742. The van der Waals surface area contributed by atoms with Crippen molar-refractivity contribution in [1.29, 1.82) is 0 Å². The Bertz CT molecular complexity index is 386. The van der Waals surface area contributed by atoms with E-state index in [9.17, 15) is 4.79 Å². The van der Waals surface area contributed by atoms with Crippen LogP contribution in [0.2, 0.25) is 0 Å². The largest absolute Gasteiger partial charge is 0.330 e. The van der Waals surface area contributed by atoms with Gasteiger partial charge in [-0.05, 0) is 43.0 Å². The molecule has 0 saturated carbocycles. The van der Waals surface area contributed by atoms with Crippen molar-refractivity contribution in [2.75, 3.05) is 6.54 Å². The van der Waals surface area contributed by atoms with Crippen molar-refractivity contribution in [3.8, 4) is 0 Å². The second-order valence-electron chi connectivity index (χ2n) is 5.12. The lowest BCUT2D eigenvalue weighted by Crippen LogP contribution is -2.11. The van der Waals surface area contributed by atoms with Crippen LogP contribution in [-0.4, -0.2) is 12.3 Å². The Morgan fingerprint density at radius 2 is 2.11 bits per heavy atom. The van der Waals surface area contributed by atoms with Gasteiger partial charge >= 0.3 is 0 Å². The molecule has 0 heterocycles. The van der Waals surface area contributed by atoms with Gasteiger partial charge in [0.05, 0.1) is 0 Å². The zero-order valence-corrected chi connectivity index (χ0v) is 13.3. The summed E-state index contributed by atoms with van der Waals surface area (Å²) in [5.74, 6) is 0.942. The topological polar surface area (TPSA) is 43.1 Å². The van der Waals surface area contributed by atoms with Crippen LogP contribution >= 0.6 is 15.9 Å². The van der Waals surface area contributed by atoms with Gasteiger partial charge in [-0.25, -0.2) is 0 Å². The molecule has 0 saturated heterocycles. The Balaban J connectivity index is 2.38. The van der Waals surface area contributed by atoms with Crippen LogP contribution in [0.15, 0.2) is 28.7 Å². The van der Waals surface area contributed by atoms with Crippen LogP contribution in [0, 0.1) is 5.92 Å². The number of halogens is 1. The Morgan fingerprint density at radius 1 is 1.32 bits per heavy atom. The molecular weight excluding hydrogens is 302 g/mol. The molecule has 0 amide bonds. The molecule has 0 aliphatic carbocycles. The third-order valence-corrected chi connectivity index (χ3v) is 3.89. The minimum atomic E-state index is 0.330. The molecule has 0 fully saturated rings. The molecule has 19 heavy (non-hydrogen) atoms. The average Bonchev–Trinajstić information content (AvgIpc) is 2.36. The molecule has 3 heteroatoms. The fourth-order valence-corrected chi connectivity index (χ4v) is 2.85. The molecular formula is C16H24BrNO. The van der Waals surface area contributed by atoms with E-state index in [2.05, 4.69) is 22.9 Å². The first-order chi connectivity index (χ1) is 9.15. The van der Waals surface area contributed by atoms with Gasteiger partial charge < -0.3 is 5.73 Å². The Morgan fingerprint density at radius 3 is 2.74 bits per heavy atom. The van der Waals surface area contributed by atoms with E-state index in [-0.39, 0.29) is 0 Å². The van der Waals surface area contributed by atoms with Crippen LogP contribution in [0.25, 0.3) is 0 Å². The molecule has 0 aromatic heterocycles. The molecule has 0 spiro atoms. The number of ketones is 1. The summed E-state index contributed by atoms with van der Waals surface area (Å²) in [5.41, 5.74) is 6.70. The highest BCUT2D eigenvalue weighted by Gasteiger charge is 2.10. The molecule has 0 bridgehead atoms. The van der Waals surface area contributed by atoms with Crippen molar-refractivity contribution in [1.82, 2.24) is 0 Å². The van der Waals surface area contributed by atoms with Crippen molar-refractivity contribution < 1.29 is 4.79 Å². The van der Waals surface area contributed by atoms with E-state index in [4.69, 9.17) is 5.73 Å². The summed E-state index contributed by atoms with van der Waals surface area (Å²) < 4.78 is 1.03. The monoisotopic (exact) mass is 325 g/mol. The number of hydrogen-bond acceptors (Lipinski definition) is 2. The second-order valence-corrected chi connectivity index (χ2v) is 6.03. The molecule has 2 nitrogen and oxygen atoms in total. The highest BCUT2D eigenvalue weighted by atomic mass is 79.9. The minimum absolute atomic E-state index is 0.330. The Hall–Kier alpha value is -0.670. The molecule has 0 radical (unpaired) electrons. The lowest BCUT2D eigenvalue weighted by molar-refractivity contribution is -0.118. The zero-order chi connectivity index (χ0) is 14.1. The van der Waals surface area contributed by atoms with Crippen LogP contribution < -0.4 is 5.73 Å². The lowest BCUT2D eigenvalue weighted by Gasteiger charge is -2.14. The first kappa shape index (κ1) is 16.4. The van der Waals surface area contributed by atoms with Crippen LogP contribution in [0.3, 0.4) is 0 Å². The van der Waals surface area contributed by atoms with Crippen LogP contribution in [0.5, 0.6) is 0 Å². The van der Waals surface area contributed by atoms with E-state index < -0.39 is 0 Å².